The lowest BCUT2D eigenvalue weighted by Crippen LogP contribution is -2.44. The molecule has 0 saturated carbocycles. The first-order valence-electron chi connectivity index (χ1n) is 10.5. The van der Waals surface area contributed by atoms with E-state index in [1.807, 2.05) is 13.0 Å². The maximum absolute atomic E-state index is 12.5. The number of carbonyl (C=O) groups is 3. The number of rotatable bonds is 7. The molecule has 10 heteroatoms. The number of halogens is 1. The average molecular weight is 485 g/mol. The predicted molar refractivity (Wildman–Crippen MR) is 129 cm³/mol. The van der Waals surface area contributed by atoms with Crippen molar-refractivity contribution in [3.8, 4) is 11.3 Å². The molecule has 3 amide bonds. The third kappa shape index (κ3) is 6.14. The van der Waals surface area contributed by atoms with E-state index in [0.717, 1.165) is 5.56 Å². The summed E-state index contributed by atoms with van der Waals surface area (Å²) in [5, 5.41) is 12.5. The van der Waals surface area contributed by atoms with Crippen LogP contribution in [0.4, 0.5) is 16.2 Å². The Kier molecular flexibility index (Phi) is 7.91. The third-order valence-corrected chi connectivity index (χ3v) is 5.26. The first-order chi connectivity index (χ1) is 16.2. The molecule has 0 fully saturated rings. The van der Waals surface area contributed by atoms with Crippen LogP contribution in [-0.4, -0.2) is 36.2 Å². The lowest BCUT2D eigenvalue weighted by atomic mass is 10.0. The summed E-state index contributed by atoms with van der Waals surface area (Å²) in [6.45, 7) is 5.45. The first-order valence-corrected chi connectivity index (χ1v) is 10.9. The van der Waals surface area contributed by atoms with Crippen molar-refractivity contribution >= 4 is 40.9 Å². The van der Waals surface area contributed by atoms with Gasteiger partial charge in [-0.3, -0.25) is 4.79 Å². The molecule has 3 N–H and O–H groups in total. The summed E-state index contributed by atoms with van der Waals surface area (Å²) >= 11 is 5.99. The Labute approximate surface area is 201 Å². The van der Waals surface area contributed by atoms with E-state index in [-0.39, 0.29) is 11.7 Å². The molecule has 1 heterocycles. The highest BCUT2D eigenvalue weighted by Gasteiger charge is 2.27. The number of aryl methyl sites for hydroxylation is 1. The monoisotopic (exact) mass is 484 g/mol. The molecule has 9 nitrogen and oxygen atoms in total. The van der Waals surface area contributed by atoms with Crippen LogP contribution in [-0.2, 0) is 9.53 Å². The summed E-state index contributed by atoms with van der Waals surface area (Å²) in [6.07, 6.45) is 0. The highest BCUT2D eigenvalue weighted by Crippen LogP contribution is 2.23. The molecule has 1 aromatic heterocycles. The Balaban J connectivity index is 1.64. The topological polar surface area (TPSA) is 123 Å². The van der Waals surface area contributed by atoms with Crippen LogP contribution < -0.4 is 16.0 Å². The second-order valence-electron chi connectivity index (χ2n) is 7.91. The smallest absolute Gasteiger partial charge is 0.328 e. The number of methoxy groups -OCH3 is 1. The van der Waals surface area contributed by atoms with Crippen LogP contribution in [0.15, 0.2) is 53.1 Å². The van der Waals surface area contributed by atoms with Gasteiger partial charge in [0, 0.05) is 28.0 Å². The molecule has 0 unspecified atom stereocenters. The Hall–Kier alpha value is -3.85. The average Bonchev–Trinajstić information content (AvgIpc) is 3.30. The minimum atomic E-state index is -0.807. The second kappa shape index (κ2) is 10.8. The Morgan fingerprint density at radius 3 is 2.38 bits per heavy atom. The summed E-state index contributed by atoms with van der Waals surface area (Å²) in [7, 11) is 1.26. The van der Waals surface area contributed by atoms with Crippen molar-refractivity contribution in [3.63, 3.8) is 0 Å². The van der Waals surface area contributed by atoms with E-state index in [9.17, 15) is 14.4 Å². The summed E-state index contributed by atoms with van der Waals surface area (Å²) in [6, 6.07) is 12.3. The van der Waals surface area contributed by atoms with Gasteiger partial charge in [0.05, 0.1) is 7.11 Å². The minimum absolute atomic E-state index is 0.0389. The number of esters is 1. The molecule has 0 radical (unpaired) electrons. The van der Waals surface area contributed by atoms with Gasteiger partial charge in [-0.25, -0.2) is 9.59 Å². The van der Waals surface area contributed by atoms with Crippen LogP contribution in [0.2, 0.25) is 5.02 Å². The molecule has 3 rings (SSSR count). The van der Waals surface area contributed by atoms with E-state index < -0.39 is 23.9 Å². The fourth-order valence-corrected chi connectivity index (χ4v) is 3.27. The quantitative estimate of drug-likeness (QED) is 0.411. The number of nitrogens with zero attached hydrogens (tertiary/aromatic N) is 1. The van der Waals surface area contributed by atoms with Gasteiger partial charge < -0.3 is 25.2 Å². The zero-order valence-electron chi connectivity index (χ0n) is 19.1. The number of aromatic nitrogens is 1. The highest BCUT2D eigenvalue weighted by atomic mass is 35.5. The summed E-state index contributed by atoms with van der Waals surface area (Å²) in [4.78, 5) is 36.7. The van der Waals surface area contributed by atoms with Crippen molar-refractivity contribution in [1.29, 1.82) is 0 Å². The van der Waals surface area contributed by atoms with E-state index in [1.54, 1.807) is 50.2 Å². The van der Waals surface area contributed by atoms with Crippen LogP contribution in [0.1, 0.15) is 30.0 Å². The van der Waals surface area contributed by atoms with Gasteiger partial charge in [-0.1, -0.05) is 48.8 Å². The molecule has 0 aliphatic rings. The number of urea groups is 1. The van der Waals surface area contributed by atoms with Gasteiger partial charge in [-0.05, 0) is 42.7 Å². The SMILES string of the molecule is COC(=O)[C@@H](NC(=O)c1cc(-c2ccc(NC(=O)Nc3cc(Cl)ccc3C)cc2)no1)C(C)C. The van der Waals surface area contributed by atoms with Crippen molar-refractivity contribution in [1.82, 2.24) is 10.5 Å². The molecule has 1 atom stereocenters. The lowest BCUT2D eigenvalue weighted by Gasteiger charge is -2.18. The van der Waals surface area contributed by atoms with Crippen molar-refractivity contribution in [2.75, 3.05) is 17.7 Å². The fraction of sp³-hybridized carbons (Fsp3) is 0.250. The van der Waals surface area contributed by atoms with Gasteiger partial charge in [-0.2, -0.15) is 0 Å². The zero-order valence-corrected chi connectivity index (χ0v) is 19.9. The van der Waals surface area contributed by atoms with Gasteiger partial charge in [-0.15, -0.1) is 0 Å². The summed E-state index contributed by atoms with van der Waals surface area (Å²) in [5.41, 5.74) is 3.15. The van der Waals surface area contributed by atoms with Crippen molar-refractivity contribution in [2.45, 2.75) is 26.8 Å². The normalized spacial score (nSPS) is 11.6. The number of hydrogen-bond acceptors (Lipinski definition) is 6. The van der Waals surface area contributed by atoms with Crippen LogP contribution in [0.5, 0.6) is 0 Å². The molecule has 0 aliphatic heterocycles. The number of carbonyl (C=O) groups excluding carboxylic acids is 3. The molecule has 0 saturated heterocycles. The number of ether oxygens (including phenoxy) is 1. The molecule has 2 aromatic carbocycles. The Bertz CT molecular complexity index is 1190. The van der Waals surface area contributed by atoms with Crippen molar-refractivity contribution in [3.05, 3.63) is 64.9 Å². The number of nitrogens with one attached hydrogen (secondary N) is 3. The minimum Gasteiger partial charge on any atom is -0.467 e. The summed E-state index contributed by atoms with van der Waals surface area (Å²) in [5.74, 6) is -1.32. The molecule has 0 aliphatic carbocycles. The molecule has 178 valence electrons. The van der Waals surface area contributed by atoms with Crippen molar-refractivity contribution < 1.29 is 23.6 Å². The van der Waals surface area contributed by atoms with Gasteiger partial charge in [0.2, 0.25) is 5.76 Å². The van der Waals surface area contributed by atoms with E-state index >= 15 is 0 Å². The predicted octanol–water partition coefficient (Wildman–Crippen LogP) is 4.87. The van der Waals surface area contributed by atoms with Crippen LogP contribution >= 0.6 is 11.6 Å². The fourth-order valence-electron chi connectivity index (χ4n) is 3.09. The van der Waals surface area contributed by atoms with Gasteiger partial charge in [0.25, 0.3) is 5.91 Å². The second-order valence-corrected chi connectivity index (χ2v) is 8.35. The molecule has 0 bridgehead atoms. The number of benzene rings is 2. The summed E-state index contributed by atoms with van der Waals surface area (Å²) < 4.78 is 9.88. The van der Waals surface area contributed by atoms with E-state index in [2.05, 4.69) is 21.1 Å². The molecular weight excluding hydrogens is 460 g/mol. The maximum atomic E-state index is 12.5. The Morgan fingerprint density at radius 1 is 1.03 bits per heavy atom. The largest absolute Gasteiger partial charge is 0.467 e. The maximum Gasteiger partial charge on any atom is 0.328 e. The number of hydrogen-bond donors (Lipinski definition) is 3. The van der Waals surface area contributed by atoms with Gasteiger partial charge in [0.1, 0.15) is 11.7 Å². The van der Waals surface area contributed by atoms with Crippen LogP contribution in [0.3, 0.4) is 0 Å². The van der Waals surface area contributed by atoms with Crippen molar-refractivity contribution in [2.24, 2.45) is 5.92 Å². The molecular formula is C24H25ClN4O5. The lowest BCUT2D eigenvalue weighted by molar-refractivity contribution is -0.144. The van der Waals surface area contributed by atoms with E-state index in [0.29, 0.717) is 27.7 Å². The molecule has 0 spiro atoms. The van der Waals surface area contributed by atoms with Gasteiger partial charge >= 0.3 is 12.0 Å². The van der Waals surface area contributed by atoms with Crippen LogP contribution in [0, 0.1) is 12.8 Å². The van der Waals surface area contributed by atoms with E-state index in [1.165, 1.54) is 13.2 Å². The Morgan fingerprint density at radius 2 is 1.74 bits per heavy atom. The van der Waals surface area contributed by atoms with Gasteiger partial charge in [0.15, 0.2) is 0 Å². The van der Waals surface area contributed by atoms with E-state index in [4.69, 9.17) is 20.9 Å². The van der Waals surface area contributed by atoms with Crippen LogP contribution in [0.25, 0.3) is 11.3 Å². The number of anilines is 2. The molecule has 34 heavy (non-hydrogen) atoms. The molecule has 3 aromatic rings. The zero-order chi connectivity index (χ0) is 24.8. The first kappa shape index (κ1) is 24.8. The highest BCUT2D eigenvalue weighted by molar-refractivity contribution is 6.31. The standard InChI is InChI=1S/C24H25ClN4O5/c1-13(2)21(23(31)33-4)28-22(30)20-12-19(29-34-20)15-6-9-17(10-7-15)26-24(32)27-18-11-16(25)8-5-14(18)3/h5-13,21H,1-4H3,(H,28,30)(H2,26,27,32)/t21-/m0/s1. The number of amides is 3. The third-order valence-electron chi connectivity index (χ3n) is 5.03.